The molecule has 0 aromatic heterocycles. The molecular formula is C14H14F2N2OS. The average molecular weight is 296 g/mol. The number of aliphatic imine (C=N–C) groups is 1. The van der Waals surface area contributed by atoms with Gasteiger partial charge in [0.05, 0.1) is 6.04 Å². The second-order valence-electron chi connectivity index (χ2n) is 5.41. The van der Waals surface area contributed by atoms with Crippen molar-refractivity contribution in [3.63, 3.8) is 0 Å². The number of nitrogens with zero attached hydrogens (tertiary/aromatic N) is 1. The second-order valence-corrected chi connectivity index (χ2v) is 6.70. The zero-order valence-corrected chi connectivity index (χ0v) is 11.9. The van der Waals surface area contributed by atoms with Crippen LogP contribution in [0.25, 0.3) is 0 Å². The van der Waals surface area contributed by atoms with Gasteiger partial charge in [-0.05, 0) is 19.9 Å². The first-order chi connectivity index (χ1) is 9.36. The number of thioether (sulfide) groups is 1. The molecule has 1 saturated carbocycles. The van der Waals surface area contributed by atoms with Crippen LogP contribution in [0.4, 0.5) is 8.78 Å². The highest BCUT2D eigenvalue weighted by Gasteiger charge is 2.74. The van der Waals surface area contributed by atoms with E-state index in [1.807, 2.05) is 0 Å². The van der Waals surface area contributed by atoms with E-state index >= 15 is 0 Å². The summed E-state index contributed by atoms with van der Waals surface area (Å²) in [5.41, 5.74) is -1.01. The molecule has 0 bridgehead atoms. The molecule has 1 aromatic carbocycles. The minimum absolute atomic E-state index is 0.187. The lowest BCUT2D eigenvalue weighted by atomic mass is 10.1. The van der Waals surface area contributed by atoms with E-state index in [-0.39, 0.29) is 18.3 Å². The number of carbonyl (C=O) groups excluding carboxylic acids is 1. The monoisotopic (exact) mass is 296 g/mol. The van der Waals surface area contributed by atoms with Crippen LogP contribution in [0.15, 0.2) is 29.3 Å². The number of carbonyl (C=O) groups is 1. The van der Waals surface area contributed by atoms with Gasteiger partial charge < -0.3 is 5.32 Å². The van der Waals surface area contributed by atoms with Crippen molar-refractivity contribution in [2.75, 3.05) is 0 Å². The largest absolute Gasteiger partial charge is 0.358 e. The number of hydrogen-bond acceptors (Lipinski definition) is 3. The molecule has 1 aliphatic heterocycles. The number of amidine groups is 1. The highest BCUT2D eigenvalue weighted by Crippen LogP contribution is 2.63. The number of amides is 1. The number of halogens is 2. The van der Waals surface area contributed by atoms with Crippen LogP contribution in [-0.2, 0) is 4.79 Å². The molecule has 0 saturated heterocycles. The van der Waals surface area contributed by atoms with E-state index in [0.29, 0.717) is 10.7 Å². The van der Waals surface area contributed by atoms with Gasteiger partial charge >= 0.3 is 0 Å². The fourth-order valence-electron chi connectivity index (χ4n) is 2.43. The van der Waals surface area contributed by atoms with Crippen LogP contribution < -0.4 is 5.32 Å². The average Bonchev–Trinajstić information content (AvgIpc) is 2.77. The molecule has 1 fully saturated rings. The highest BCUT2D eigenvalue weighted by molar-refractivity contribution is 8.16. The first-order valence-electron chi connectivity index (χ1n) is 6.38. The number of nitrogens with one attached hydrogen (secondary N) is 1. The van der Waals surface area contributed by atoms with Gasteiger partial charge in [0.2, 0.25) is 0 Å². The third-order valence-electron chi connectivity index (χ3n) is 3.83. The summed E-state index contributed by atoms with van der Waals surface area (Å²) in [6.45, 7) is 3.19. The predicted molar refractivity (Wildman–Crippen MR) is 74.8 cm³/mol. The van der Waals surface area contributed by atoms with Crippen LogP contribution >= 0.6 is 11.8 Å². The van der Waals surface area contributed by atoms with Gasteiger partial charge in [-0.15, -0.1) is 0 Å². The molecule has 20 heavy (non-hydrogen) atoms. The Balaban J connectivity index is 1.73. The van der Waals surface area contributed by atoms with Gasteiger partial charge in [-0.1, -0.05) is 30.0 Å². The summed E-state index contributed by atoms with van der Waals surface area (Å²) in [5, 5.41) is 3.35. The maximum atomic E-state index is 13.9. The Morgan fingerprint density at radius 1 is 1.45 bits per heavy atom. The fraction of sp³-hybridized carbons (Fsp3) is 0.429. The van der Waals surface area contributed by atoms with Gasteiger partial charge in [0, 0.05) is 12.0 Å². The van der Waals surface area contributed by atoms with Crippen molar-refractivity contribution < 1.29 is 13.6 Å². The topological polar surface area (TPSA) is 41.5 Å². The van der Waals surface area contributed by atoms with E-state index in [2.05, 4.69) is 10.3 Å². The third-order valence-corrected chi connectivity index (χ3v) is 5.32. The quantitative estimate of drug-likeness (QED) is 0.912. The second kappa shape index (κ2) is 4.28. The third kappa shape index (κ3) is 1.93. The van der Waals surface area contributed by atoms with Crippen LogP contribution in [0.2, 0.25) is 0 Å². The standard InChI is InChI=1S/C14H14F2N2OS/c1-8(9-5-3-4-6-10(9)15)17-12-18-11(19)14(20-12)7-13(14,2)16/h3-6,8H,7H2,1-2H3,(H,17,18,19)/t8-,13?,14-/m0/s1. The van der Waals surface area contributed by atoms with Crippen LogP contribution in [0.5, 0.6) is 0 Å². The van der Waals surface area contributed by atoms with E-state index < -0.39 is 16.3 Å². The molecule has 3 nitrogen and oxygen atoms in total. The Labute approximate surface area is 119 Å². The number of alkyl halides is 1. The highest BCUT2D eigenvalue weighted by atomic mass is 32.2. The minimum atomic E-state index is -1.50. The van der Waals surface area contributed by atoms with Crippen molar-refractivity contribution in [2.24, 2.45) is 4.99 Å². The van der Waals surface area contributed by atoms with Crippen molar-refractivity contribution in [1.29, 1.82) is 0 Å². The molecule has 1 N–H and O–H groups in total. The molecule has 1 aromatic rings. The van der Waals surface area contributed by atoms with E-state index in [4.69, 9.17) is 0 Å². The lowest BCUT2D eigenvalue weighted by Gasteiger charge is -2.16. The smallest absolute Gasteiger partial charge is 0.268 e. The van der Waals surface area contributed by atoms with Gasteiger partial charge in [-0.3, -0.25) is 4.79 Å². The maximum Gasteiger partial charge on any atom is 0.268 e. The number of hydrogen-bond donors (Lipinski definition) is 1. The molecule has 106 valence electrons. The molecule has 2 aliphatic rings. The summed E-state index contributed by atoms with van der Waals surface area (Å²) in [5.74, 6) is -0.755. The zero-order valence-electron chi connectivity index (χ0n) is 11.1. The molecule has 3 rings (SSSR count). The lowest BCUT2D eigenvalue weighted by Crippen LogP contribution is -2.25. The van der Waals surface area contributed by atoms with E-state index in [1.54, 1.807) is 25.1 Å². The van der Waals surface area contributed by atoms with Gasteiger partial charge in [0.25, 0.3) is 5.91 Å². The Hall–Kier alpha value is -1.43. The molecule has 1 aliphatic carbocycles. The van der Waals surface area contributed by atoms with Crippen LogP contribution in [0.1, 0.15) is 31.9 Å². The molecule has 1 heterocycles. The van der Waals surface area contributed by atoms with Crippen molar-refractivity contribution in [2.45, 2.75) is 36.7 Å². The molecule has 1 spiro atoms. The number of benzene rings is 1. The lowest BCUT2D eigenvalue weighted by molar-refractivity contribution is -0.118. The van der Waals surface area contributed by atoms with Crippen LogP contribution in [0, 0.1) is 5.82 Å². The van der Waals surface area contributed by atoms with Crippen LogP contribution in [-0.4, -0.2) is 21.5 Å². The van der Waals surface area contributed by atoms with Crippen molar-refractivity contribution in [3.05, 3.63) is 35.6 Å². The summed E-state index contributed by atoms with van der Waals surface area (Å²) in [4.78, 5) is 15.7. The van der Waals surface area contributed by atoms with E-state index in [9.17, 15) is 13.6 Å². The minimum Gasteiger partial charge on any atom is -0.358 e. The maximum absolute atomic E-state index is 13.9. The first kappa shape index (κ1) is 13.5. The van der Waals surface area contributed by atoms with Crippen LogP contribution in [0.3, 0.4) is 0 Å². The summed E-state index contributed by atoms with van der Waals surface area (Å²) in [6, 6.07) is 6.07. The molecule has 1 unspecified atom stereocenters. The molecule has 0 radical (unpaired) electrons. The first-order valence-corrected chi connectivity index (χ1v) is 7.19. The predicted octanol–water partition coefficient (Wildman–Crippen LogP) is 2.98. The van der Waals surface area contributed by atoms with Gasteiger partial charge in [-0.25, -0.2) is 8.78 Å². The zero-order chi connectivity index (χ0) is 14.5. The Morgan fingerprint density at radius 3 is 2.65 bits per heavy atom. The normalized spacial score (nSPS) is 33.2. The fourth-order valence-corrected chi connectivity index (χ4v) is 3.81. The van der Waals surface area contributed by atoms with Crippen molar-refractivity contribution in [1.82, 2.24) is 5.32 Å². The van der Waals surface area contributed by atoms with Gasteiger partial charge in [0.1, 0.15) is 16.2 Å². The Bertz CT molecular complexity index is 617. The van der Waals surface area contributed by atoms with Gasteiger partial charge in [0.15, 0.2) is 5.17 Å². The Kier molecular flexibility index (Phi) is 2.90. The van der Waals surface area contributed by atoms with E-state index in [0.717, 1.165) is 11.8 Å². The molecular weight excluding hydrogens is 282 g/mol. The summed E-state index contributed by atoms with van der Waals surface area (Å²) >= 11 is 1.11. The molecule has 6 heteroatoms. The summed E-state index contributed by atoms with van der Waals surface area (Å²) in [7, 11) is 0. The van der Waals surface area contributed by atoms with Crippen molar-refractivity contribution in [3.8, 4) is 0 Å². The summed E-state index contributed by atoms with van der Waals surface area (Å²) in [6.07, 6.45) is 0.187. The Morgan fingerprint density at radius 2 is 2.10 bits per heavy atom. The van der Waals surface area contributed by atoms with Crippen molar-refractivity contribution >= 4 is 22.8 Å². The molecule has 3 atom stereocenters. The molecule has 1 amide bonds. The van der Waals surface area contributed by atoms with E-state index in [1.165, 1.54) is 13.0 Å². The number of rotatable bonds is 2. The van der Waals surface area contributed by atoms with Gasteiger partial charge in [-0.2, -0.15) is 4.99 Å². The summed E-state index contributed by atoms with van der Waals surface area (Å²) < 4.78 is 26.5. The SMILES string of the molecule is C[C@H](NC1=NC(=O)[C@]2(CC2(C)F)S1)c1ccccc1F.